The largest absolute Gasteiger partial charge is 0.323 e. The monoisotopic (exact) mass is 225 g/mol. The van der Waals surface area contributed by atoms with E-state index in [0.29, 0.717) is 5.69 Å². The van der Waals surface area contributed by atoms with Crippen LogP contribution in [0.15, 0.2) is 18.3 Å². The summed E-state index contributed by atoms with van der Waals surface area (Å²) in [4.78, 5) is 15.1. The van der Waals surface area contributed by atoms with E-state index >= 15 is 0 Å². The van der Waals surface area contributed by atoms with E-state index in [4.69, 9.17) is 5.73 Å². The normalized spacial score (nSPS) is 13.3. The highest BCUT2D eigenvalue weighted by Gasteiger charge is 2.27. The van der Waals surface area contributed by atoms with Crippen LogP contribution >= 0.6 is 0 Å². The Bertz CT molecular complexity index is 370. The van der Waals surface area contributed by atoms with Crippen molar-refractivity contribution in [1.82, 2.24) is 4.98 Å². The fraction of sp³-hybridized carbons (Fsp3) is 0.455. The van der Waals surface area contributed by atoms with E-state index < -0.39 is 12.0 Å². The highest BCUT2D eigenvalue weighted by Crippen LogP contribution is 2.18. The van der Waals surface area contributed by atoms with Crippen LogP contribution in [-0.2, 0) is 4.79 Å². The first kappa shape index (κ1) is 12.6. The van der Waals surface area contributed by atoms with Crippen LogP contribution in [0, 0.1) is 11.4 Å². The number of carbonyl (C=O) groups is 1. The van der Waals surface area contributed by atoms with E-state index in [2.05, 4.69) is 10.3 Å². The molecule has 1 amide bonds. The van der Waals surface area contributed by atoms with Crippen LogP contribution in [0.2, 0.25) is 0 Å². The molecule has 0 aliphatic carbocycles. The molecule has 1 aromatic rings. The second kappa shape index (κ2) is 4.57. The van der Waals surface area contributed by atoms with E-state index in [1.807, 2.05) is 20.8 Å². The van der Waals surface area contributed by atoms with Gasteiger partial charge in [0.1, 0.15) is 0 Å². The number of nitrogens with one attached hydrogen (secondary N) is 1. The summed E-state index contributed by atoms with van der Waals surface area (Å²) in [5.41, 5.74) is 5.88. The van der Waals surface area contributed by atoms with Crippen LogP contribution < -0.4 is 11.1 Å². The minimum atomic E-state index is -0.627. The van der Waals surface area contributed by atoms with Gasteiger partial charge in [-0.25, -0.2) is 4.98 Å². The van der Waals surface area contributed by atoms with Gasteiger partial charge in [-0.3, -0.25) is 4.79 Å². The number of carbonyl (C=O) groups excluding carboxylic acids is 1. The molecule has 0 radical (unpaired) electrons. The number of aromatic nitrogens is 1. The zero-order valence-corrected chi connectivity index (χ0v) is 9.62. The standard InChI is InChI=1S/C11H16FN3O/c1-11(2,3)9(13)10(16)15-7-4-5-8(12)14-6-7/h4-6,9H,13H2,1-3H3,(H,15,16)/t9-/m0/s1. The Morgan fingerprint density at radius 1 is 1.50 bits per heavy atom. The Kier molecular flexibility index (Phi) is 3.59. The van der Waals surface area contributed by atoms with Crippen LogP contribution in [0.1, 0.15) is 20.8 Å². The summed E-state index contributed by atoms with van der Waals surface area (Å²) < 4.78 is 12.5. The summed E-state index contributed by atoms with van der Waals surface area (Å²) in [7, 11) is 0. The summed E-state index contributed by atoms with van der Waals surface area (Å²) in [5.74, 6) is -0.890. The van der Waals surface area contributed by atoms with Crippen molar-refractivity contribution in [2.75, 3.05) is 5.32 Å². The van der Waals surface area contributed by atoms with Gasteiger partial charge in [-0.2, -0.15) is 4.39 Å². The van der Waals surface area contributed by atoms with E-state index in [9.17, 15) is 9.18 Å². The summed E-state index contributed by atoms with van der Waals surface area (Å²) >= 11 is 0. The van der Waals surface area contributed by atoms with Crippen molar-refractivity contribution in [2.45, 2.75) is 26.8 Å². The zero-order chi connectivity index (χ0) is 12.3. The molecule has 16 heavy (non-hydrogen) atoms. The van der Waals surface area contributed by atoms with Crippen molar-refractivity contribution >= 4 is 11.6 Å². The molecule has 5 heteroatoms. The van der Waals surface area contributed by atoms with Gasteiger partial charge in [-0.05, 0) is 17.5 Å². The van der Waals surface area contributed by atoms with E-state index in [1.165, 1.54) is 18.3 Å². The first-order valence-electron chi connectivity index (χ1n) is 4.98. The SMILES string of the molecule is CC(C)(C)[C@@H](N)C(=O)Nc1ccc(F)nc1. The van der Waals surface area contributed by atoms with Crippen molar-refractivity contribution in [3.63, 3.8) is 0 Å². The lowest BCUT2D eigenvalue weighted by molar-refractivity contribution is -0.119. The molecule has 0 spiro atoms. The second-order valence-electron chi connectivity index (χ2n) is 4.70. The summed E-state index contributed by atoms with van der Waals surface area (Å²) in [5, 5.41) is 2.58. The minimum Gasteiger partial charge on any atom is -0.323 e. The minimum absolute atomic E-state index is 0.305. The van der Waals surface area contributed by atoms with Crippen molar-refractivity contribution in [3.05, 3.63) is 24.3 Å². The van der Waals surface area contributed by atoms with Gasteiger partial charge in [0, 0.05) is 0 Å². The van der Waals surface area contributed by atoms with Crippen LogP contribution in [0.5, 0.6) is 0 Å². The lowest BCUT2D eigenvalue weighted by atomic mass is 9.87. The maximum Gasteiger partial charge on any atom is 0.241 e. The number of rotatable bonds is 2. The number of anilines is 1. The smallest absolute Gasteiger partial charge is 0.241 e. The average Bonchev–Trinajstić information content (AvgIpc) is 2.19. The third-order valence-electron chi connectivity index (χ3n) is 2.21. The molecule has 1 atom stereocenters. The van der Waals surface area contributed by atoms with Gasteiger partial charge >= 0.3 is 0 Å². The van der Waals surface area contributed by atoms with E-state index in [-0.39, 0.29) is 11.3 Å². The summed E-state index contributed by atoms with van der Waals surface area (Å²) in [6, 6.07) is 1.99. The number of halogens is 1. The molecule has 1 aromatic heterocycles. The number of amides is 1. The lowest BCUT2D eigenvalue weighted by Gasteiger charge is -2.25. The molecule has 0 unspecified atom stereocenters. The van der Waals surface area contributed by atoms with Gasteiger partial charge in [0.15, 0.2) is 0 Å². The van der Waals surface area contributed by atoms with Crippen molar-refractivity contribution in [3.8, 4) is 0 Å². The Morgan fingerprint density at radius 3 is 2.56 bits per heavy atom. The first-order chi connectivity index (χ1) is 7.30. The molecule has 0 saturated carbocycles. The van der Waals surface area contributed by atoms with E-state index in [0.717, 1.165) is 0 Å². The summed E-state index contributed by atoms with van der Waals surface area (Å²) in [6.07, 6.45) is 1.25. The van der Waals surface area contributed by atoms with Gasteiger partial charge in [0.05, 0.1) is 17.9 Å². The van der Waals surface area contributed by atoms with Crippen LogP contribution in [0.3, 0.4) is 0 Å². The predicted molar refractivity (Wildman–Crippen MR) is 60.3 cm³/mol. The van der Waals surface area contributed by atoms with Crippen LogP contribution in [0.4, 0.5) is 10.1 Å². The summed E-state index contributed by atoms with van der Waals surface area (Å²) in [6.45, 7) is 5.63. The predicted octanol–water partition coefficient (Wildman–Crippen LogP) is 1.53. The molecule has 88 valence electrons. The topological polar surface area (TPSA) is 68.0 Å². The molecule has 0 fully saturated rings. The molecule has 0 aliphatic heterocycles. The molecule has 4 nitrogen and oxygen atoms in total. The average molecular weight is 225 g/mol. The van der Waals surface area contributed by atoms with Crippen LogP contribution in [0.25, 0.3) is 0 Å². The third kappa shape index (κ3) is 3.27. The molecule has 1 heterocycles. The van der Waals surface area contributed by atoms with Gasteiger partial charge in [-0.15, -0.1) is 0 Å². The second-order valence-corrected chi connectivity index (χ2v) is 4.70. The Balaban J connectivity index is 2.68. The fourth-order valence-corrected chi connectivity index (χ4v) is 1.06. The Morgan fingerprint density at radius 2 is 2.12 bits per heavy atom. The third-order valence-corrected chi connectivity index (χ3v) is 2.21. The molecular weight excluding hydrogens is 209 g/mol. The van der Waals surface area contributed by atoms with Gasteiger partial charge < -0.3 is 11.1 Å². The molecule has 3 N–H and O–H groups in total. The molecule has 0 bridgehead atoms. The molecule has 0 aliphatic rings. The lowest BCUT2D eigenvalue weighted by Crippen LogP contribution is -2.45. The van der Waals surface area contributed by atoms with Gasteiger partial charge in [0.2, 0.25) is 11.9 Å². The highest BCUT2D eigenvalue weighted by molar-refractivity contribution is 5.95. The number of nitrogens with two attached hydrogens (primary N) is 1. The van der Waals surface area contributed by atoms with Gasteiger partial charge in [0.25, 0.3) is 0 Å². The van der Waals surface area contributed by atoms with Crippen molar-refractivity contribution in [2.24, 2.45) is 11.1 Å². The van der Waals surface area contributed by atoms with Gasteiger partial charge in [-0.1, -0.05) is 20.8 Å². The van der Waals surface area contributed by atoms with Crippen molar-refractivity contribution < 1.29 is 9.18 Å². The molecule has 0 saturated heterocycles. The highest BCUT2D eigenvalue weighted by atomic mass is 19.1. The fourth-order valence-electron chi connectivity index (χ4n) is 1.06. The molecule has 1 rings (SSSR count). The zero-order valence-electron chi connectivity index (χ0n) is 9.62. The molecular formula is C11H16FN3O. The maximum atomic E-state index is 12.5. The Labute approximate surface area is 94.1 Å². The Hall–Kier alpha value is -1.49. The maximum absolute atomic E-state index is 12.5. The van der Waals surface area contributed by atoms with E-state index in [1.54, 1.807) is 0 Å². The number of hydrogen-bond acceptors (Lipinski definition) is 3. The molecule has 0 aromatic carbocycles. The van der Waals surface area contributed by atoms with Crippen LogP contribution in [-0.4, -0.2) is 16.9 Å². The first-order valence-corrected chi connectivity index (χ1v) is 4.98. The number of nitrogens with zero attached hydrogens (tertiary/aromatic N) is 1. The number of pyridine rings is 1. The quantitative estimate of drug-likeness (QED) is 0.750. The van der Waals surface area contributed by atoms with Crippen molar-refractivity contribution in [1.29, 1.82) is 0 Å². The number of hydrogen-bond donors (Lipinski definition) is 2.